The van der Waals surface area contributed by atoms with E-state index in [4.69, 9.17) is 25.5 Å². The van der Waals surface area contributed by atoms with Gasteiger partial charge in [-0.15, -0.1) is 10.2 Å². The Hall–Kier alpha value is -2.02. The van der Waals surface area contributed by atoms with E-state index < -0.39 is 0 Å². The van der Waals surface area contributed by atoms with Crippen LogP contribution in [0.5, 0.6) is 5.75 Å². The number of aryl methyl sites for hydroxylation is 1. The first-order valence-electron chi connectivity index (χ1n) is 7.74. The first-order valence-corrected chi connectivity index (χ1v) is 9.10. The summed E-state index contributed by atoms with van der Waals surface area (Å²) in [5, 5.41) is 9.40. The first-order chi connectivity index (χ1) is 12.2. The molecular weight excluding hydrogens is 360 g/mol. The summed E-state index contributed by atoms with van der Waals surface area (Å²) in [6, 6.07) is 11.7. The highest BCUT2D eigenvalue weighted by atomic mass is 35.5. The Bertz CT molecular complexity index is 896. The molecule has 0 saturated heterocycles. The number of hydrogen-bond donors (Lipinski definition) is 0. The van der Waals surface area contributed by atoms with E-state index in [2.05, 4.69) is 10.2 Å². The topological polar surface area (TPSA) is 57.4 Å². The smallest absolute Gasteiger partial charge is 0.277 e. The largest absolute Gasteiger partial charge is 0.467 e. The van der Waals surface area contributed by atoms with E-state index in [9.17, 15) is 0 Å². The van der Waals surface area contributed by atoms with Gasteiger partial charge in [-0.1, -0.05) is 41.1 Å². The quantitative estimate of drug-likeness (QED) is 0.608. The second-order valence-electron chi connectivity index (χ2n) is 5.69. The fourth-order valence-electron chi connectivity index (χ4n) is 2.58. The highest BCUT2D eigenvalue weighted by Gasteiger charge is 2.17. The monoisotopic (exact) mass is 374 g/mol. The average Bonchev–Trinajstić information content (AvgIpc) is 3.09. The molecule has 0 aliphatic carbocycles. The maximum absolute atomic E-state index is 6.19. The van der Waals surface area contributed by atoms with Crippen LogP contribution in [0.4, 0.5) is 0 Å². The zero-order chi connectivity index (χ0) is 17.2. The maximum Gasteiger partial charge on any atom is 0.277 e. The molecule has 7 heteroatoms. The van der Waals surface area contributed by atoms with Gasteiger partial charge in [-0.2, -0.15) is 0 Å². The Morgan fingerprint density at radius 1 is 1.16 bits per heavy atom. The van der Waals surface area contributed by atoms with Crippen LogP contribution < -0.4 is 4.74 Å². The molecular formula is C18H15ClN2O3S. The van der Waals surface area contributed by atoms with Crippen molar-refractivity contribution in [3.05, 3.63) is 58.1 Å². The Morgan fingerprint density at radius 2 is 2.00 bits per heavy atom. The molecule has 0 saturated carbocycles. The molecule has 5 nitrogen and oxygen atoms in total. The first kappa shape index (κ1) is 16.4. The van der Waals surface area contributed by atoms with Gasteiger partial charge in [0.05, 0.1) is 6.61 Å². The lowest BCUT2D eigenvalue weighted by molar-refractivity contribution is -0.0168. The molecule has 4 rings (SSSR count). The van der Waals surface area contributed by atoms with Crippen molar-refractivity contribution >= 4 is 23.4 Å². The van der Waals surface area contributed by atoms with Gasteiger partial charge in [0, 0.05) is 27.5 Å². The Kier molecular flexibility index (Phi) is 4.65. The molecule has 2 aromatic carbocycles. The van der Waals surface area contributed by atoms with Crippen molar-refractivity contribution in [3.63, 3.8) is 0 Å². The number of aromatic nitrogens is 2. The summed E-state index contributed by atoms with van der Waals surface area (Å²) in [4.78, 5) is 0. The van der Waals surface area contributed by atoms with E-state index in [0.717, 1.165) is 22.4 Å². The molecule has 3 aromatic rings. The van der Waals surface area contributed by atoms with Crippen molar-refractivity contribution in [2.75, 3.05) is 6.79 Å². The molecule has 1 aliphatic rings. The fraction of sp³-hybridized carbons (Fsp3) is 0.222. The van der Waals surface area contributed by atoms with E-state index in [-0.39, 0.29) is 6.79 Å². The minimum absolute atomic E-state index is 0.254. The van der Waals surface area contributed by atoms with Gasteiger partial charge in [-0.3, -0.25) is 0 Å². The van der Waals surface area contributed by atoms with Gasteiger partial charge in [0.2, 0.25) is 5.89 Å². The maximum atomic E-state index is 6.19. The Morgan fingerprint density at radius 3 is 2.84 bits per heavy atom. The van der Waals surface area contributed by atoms with Gasteiger partial charge in [0.15, 0.2) is 6.79 Å². The van der Waals surface area contributed by atoms with Crippen LogP contribution in [0.15, 0.2) is 46.0 Å². The van der Waals surface area contributed by atoms with Crippen molar-refractivity contribution < 1.29 is 13.9 Å². The third kappa shape index (κ3) is 3.66. The highest BCUT2D eigenvalue weighted by molar-refractivity contribution is 7.98. The summed E-state index contributed by atoms with van der Waals surface area (Å²) < 4.78 is 16.7. The van der Waals surface area contributed by atoms with E-state index >= 15 is 0 Å². The van der Waals surface area contributed by atoms with Gasteiger partial charge in [0.25, 0.3) is 5.22 Å². The standard InChI is InChI=1S/C18H15ClN2O3S/c1-11-2-4-12(5-3-11)17-20-21-18(24-17)25-9-14-7-15(19)6-13-8-22-10-23-16(13)14/h2-7H,8-10H2,1H3. The van der Waals surface area contributed by atoms with Crippen LogP contribution in [-0.2, 0) is 17.1 Å². The Balaban J connectivity index is 1.51. The predicted octanol–water partition coefficient (Wildman–Crippen LogP) is 4.86. The second kappa shape index (κ2) is 7.07. The number of ether oxygens (including phenoxy) is 2. The summed E-state index contributed by atoms with van der Waals surface area (Å²) in [6.07, 6.45) is 0. The molecule has 0 atom stereocenters. The molecule has 2 heterocycles. The number of fused-ring (bicyclic) bond motifs is 1. The van der Waals surface area contributed by atoms with Gasteiger partial charge >= 0.3 is 0 Å². The number of rotatable bonds is 4. The van der Waals surface area contributed by atoms with Crippen molar-refractivity contribution in [2.24, 2.45) is 0 Å². The van der Waals surface area contributed by atoms with Crippen molar-refractivity contribution in [1.82, 2.24) is 10.2 Å². The number of halogens is 1. The molecule has 25 heavy (non-hydrogen) atoms. The third-order valence-electron chi connectivity index (χ3n) is 3.81. The average molecular weight is 375 g/mol. The fourth-order valence-corrected chi connectivity index (χ4v) is 3.58. The molecule has 128 valence electrons. The summed E-state index contributed by atoms with van der Waals surface area (Å²) >= 11 is 7.64. The molecule has 0 spiro atoms. The van der Waals surface area contributed by atoms with Crippen LogP contribution in [0.1, 0.15) is 16.7 Å². The second-order valence-corrected chi connectivity index (χ2v) is 7.05. The van der Waals surface area contributed by atoms with E-state index in [0.29, 0.717) is 28.5 Å². The van der Waals surface area contributed by atoms with E-state index in [1.54, 1.807) is 0 Å². The van der Waals surface area contributed by atoms with Crippen molar-refractivity contribution in [2.45, 2.75) is 24.5 Å². The molecule has 1 aliphatic heterocycles. The summed E-state index contributed by atoms with van der Waals surface area (Å²) in [6.45, 7) is 2.80. The zero-order valence-corrected chi connectivity index (χ0v) is 15.1. The lowest BCUT2D eigenvalue weighted by Gasteiger charge is -2.20. The molecule has 0 fully saturated rings. The number of nitrogens with zero attached hydrogens (tertiary/aromatic N) is 2. The summed E-state index contributed by atoms with van der Waals surface area (Å²) in [5.41, 5.74) is 4.05. The van der Waals surface area contributed by atoms with E-state index in [1.807, 2.05) is 43.3 Å². The molecule has 1 aromatic heterocycles. The molecule has 0 unspecified atom stereocenters. The minimum Gasteiger partial charge on any atom is -0.467 e. The van der Waals surface area contributed by atoms with Crippen LogP contribution in [0.25, 0.3) is 11.5 Å². The van der Waals surface area contributed by atoms with Crippen LogP contribution in [0.2, 0.25) is 5.02 Å². The van der Waals surface area contributed by atoms with Crippen molar-refractivity contribution in [1.29, 1.82) is 0 Å². The Labute approximate surface area is 154 Å². The number of benzene rings is 2. The zero-order valence-electron chi connectivity index (χ0n) is 13.5. The van der Waals surface area contributed by atoms with Crippen molar-refractivity contribution in [3.8, 4) is 17.2 Å². The molecule has 0 radical (unpaired) electrons. The summed E-state index contributed by atoms with van der Waals surface area (Å²) in [5.74, 6) is 1.97. The number of hydrogen-bond acceptors (Lipinski definition) is 6. The normalized spacial score (nSPS) is 13.4. The van der Waals surface area contributed by atoms with Gasteiger partial charge in [0.1, 0.15) is 5.75 Å². The number of thioether (sulfide) groups is 1. The van der Waals surface area contributed by atoms with Crippen LogP contribution in [-0.4, -0.2) is 17.0 Å². The van der Waals surface area contributed by atoms with E-state index in [1.165, 1.54) is 17.3 Å². The van der Waals surface area contributed by atoms with Crippen LogP contribution >= 0.6 is 23.4 Å². The lowest BCUT2D eigenvalue weighted by atomic mass is 10.1. The summed E-state index contributed by atoms with van der Waals surface area (Å²) in [7, 11) is 0. The SMILES string of the molecule is Cc1ccc(-c2nnc(SCc3cc(Cl)cc4c3OCOC4)o2)cc1. The van der Waals surface area contributed by atoms with Crippen LogP contribution in [0, 0.1) is 6.92 Å². The van der Waals surface area contributed by atoms with Gasteiger partial charge < -0.3 is 13.9 Å². The van der Waals surface area contributed by atoms with Gasteiger partial charge in [-0.25, -0.2) is 0 Å². The molecule has 0 amide bonds. The lowest BCUT2D eigenvalue weighted by Crippen LogP contribution is -2.12. The highest BCUT2D eigenvalue weighted by Crippen LogP contribution is 2.35. The molecule has 0 N–H and O–H groups in total. The van der Waals surface area contributed by atoms with Crippen LogP contribution in [0.3, 0.4) is 0 Å². The molecule has 0 bridgehead atoms. The third-order valence-corrected chi connectivity index (χ3v) is 4.89. The minimum atomic E-state index is 0.254. The predicted molar refractivity (Wildman–Crippen MR) is 95.8 cm³/mol. The van der Waals surface area contributed by atoms with Gasteiger partial charge in [-0.05, 0) is 31.2 Å².